The maximum absolute atomic E-state index is 5.21. The Morgan fingerprint density at radius 1 is 0.456 bits per heavy atom. The SMILES string of the molecule is Cc1cc(-c2ccccc2)ccc1-c1cccc(-c2nc(-c3ccccc3)nc(-c3cccc(-c4cccc(-n5c6c(c7ccccc75)C=CCC6)c4)c3)n2)c1C. The third-order valence-electron chi connectivity index (χ3n) is 11.3. The molecule has 0 N–H and O–H groups in total. The molecule has 0 atom stereocenters. The third kappa shape index (κ3) is 6.35. The number of hydrogen-bond donors (Lipinski definition) is 0. The molecule has 0 saturated heterocycles. The van der Waals surface area contributed by atoms with Gasteiger partial charge in [-0.2, -0.15) is 0 Å². The van der Waals surface area contributed by atoms with Crippen LogP contribution in [0.2, 0.25) is 0 Å². The van der Waals surface area contributed by atoms with E-state index in [1.54, 1.807) is 0 Å². The fraction of sp³-hybridized carbons (Fsp3) is 0.0755. The highest BCUT2D eigenvalue weighted by Gasteiger charge is 2.20. The zero-order valence-corrected chi connectivity index (χ0v) is 32.0. The lowest BCUT2D eigenvalue weighted by molar-refractivity contribution is 0.889. The van der Waals surface area contributed by atoms with Crippen LogP contribution in [0.5, 0.6) is 0 Å². The van der Waals surface area contributed by atoms with Crippen LogP contribution >= 0.6 is 0 Å². The second-order valence-electron chi connectivity index (χ2n) is 14.8. The number of benzene rings is 7. The maximum atomic E-state index is 5.21. The number of nitrogens with zero attached hydrogens (tertiary/aromatic N) is 4. The lowest BCUT2D eigenvalue weighted by Crippen LogP contribution is -2.03. The molecular formula is C53H40N4. The van der Waals surface area contributed by atoms with E-state index in [0.29, 0.717) is 17.5 Å². The summed E-state index contributed by atoms with van der Waals surface area (Å²) in [6.07, 6.45) is 6.66. The lowest BCUT2D eigenvalue weighted by atomic mass is 9.91. The van der Waals surface area contributed by atoms with Gasteiger partial charge in [-0.3, -0.25) is 0 Å². The molecule has 57 heavy (non-hydrogen) atoms. The first-order valence-electron chi connectivity index (χ1n) is 19.7. The van der Waals surface area contributed by atoms with E-state index in [4.69, 9.17) is 15.0 Å². The van der Waals surface area contributed by atoms with Crippen molar-refractivity contribution in [3.05, 3.63) is 198 Å². The number of allylic oxidation sites excluding steroid dienone is 1. The van der Waals surface area contributed by atoms with Gasteiger partial charge in [0.15, 0.2) is 17.5 Å². The summed E-state index contributed by atoms with van der Waals surface area (Å²) >= 11 is 0. The Balaban J connectivity index is 1.06. The van der Waals surface area contributed by atoms with Crippen molar-refractivity contribution < 1.29 is 0 Å². The van der Waals surface area contributed by atoms with E-state index in [1.807, 2.05) is 18.2 Å². The Bertz CT molecular complexity index is 2970. The van der Waals surface area contributed by atoms with Crippen LogP contribution in [0.3, 0.4) is 0 Å². The van der Waals surface area contributed by atoms with Crippen LogP contribution in [0.4, 0.5) is 0 Å². The first-order chi connectivity index (χ1) is 28.1. The summed E-state index contributed by atoms with van der Waals surface area (Å²) in [4.78, 5) is 15.4. The average molecular weight is 733 g/mol. The summed E-state index contributed by atoms with van der Waals surface area (Å²) in [6.45, 7) is 4.37. The van der Waals surface area contributed by atoms with Gasteiger partial charge in [0.05, 0.1) is 5.52 Å². The van der Waals surface area contributed by atoms with Crippen molar-refractivity contribution in [3.8, 4) is 73.2 Å². The van der Waals surface area contributed by atoms with E-state index in [-0.39, 0.29) is 0 Å². The molecule has 7 aromatic carbocycles. The van der Waals surface area contributed by atoms with Gasteiger partial charge in [0.2, 0.25) is 0 Å². The maximum Gasteiger partial charge on any atom is 0.164 e. The quantitative estimate of drug-likeness (QED) is 0.164. The van der Waals surface area contributed by atoms with E-state index in [1.165, 1.54) is 55.7 Å². The lowest BCUT2D eigenvalue weighted by Gasteiger charge is -2.16. The Kier molecular flexibility index (Phi) is 8.72. The van der Waals surface area contributed by atoms with Crippen molar-refractivity contribution in [1.82, 2.24) is 19.5 Å². The van der Waals surface area contributed by atoms with Crippen LogP contribution < -0.4 is 0 Å². The Labute approximate surface area is 333 Å². The Hall–Kier alpha value is -7.17. The molecule has 1 aliphatic carbocycles. The number of rotatable bonds is 7. The van der Waals surface area contributed by atoms with Gasteiger partial charge in [0.1, 0.15) is 0 Å². The topological polar surface area (TPSA) is 43.6 Å². The van der Waals surface area contributed by atoms with Gasteiger partial charge in [0, 0.05) is 39.0 Å². The number of aromatic nitrogens is 4. The van der Waals surface area contributed by atoms with Gasteiger partial charge in [0.25, 0.3) is 0 Å². The molecule has 1 aliphatic rings. The van der Waals surface area contributed by atoms with E-state index >= 15 is 0 Å². The average Bonchev–Trinajstić information content (AvgIpc) is 3.61. The standard InChI is InChI=1S/C53H40N4/c1-35-32-41(37-16-5-3-6-17-37)30-31-44(35)45-26-15-27-46(36(45)2)53-55-51(38-18-7-4-8-19-38)54-52(56-53)42-22-13-20-39(33-42)40-21-14-23-43(34-40)57-49-28-11-9-24-47(49)48-25-10-12-29-50(48)57/h3-11,13-28,30-34H,12,29H2,1-2H3. The molecule has 0 unspecified atom stereocenters. The van der Waals surface area contributed by atoms with E-state index in [0.717, 1.165) is 46.2 Å². The van der Waals surface area contributed by atoms with Crippen LogP contribution in [0, 0.1) is 13.8 Å². The Morgan fingerprint density at radius 3 is 1.88 bits per heavy atom. The van der Waals surface area contributed by atoms with Gasteiger partial charge in [-0.15, -0.1) is 0 Å². The monoisotopic (exact) mass is 732 g/mol. The molecular weight excluding hydrogens is 693 g/mol. The molecule has 4 nitrogen and oxygen atoms in total. The van der Waals surface area contributed by atoms with Crippen molar-refractivity contribution in [2.45, 2.75) is 26.7 Å². The largest absolute Gasteiger partial charge is 0.313 e. The van der Waals surface area contributed by atoms with Gasteiger partial charge < -0.3 is 4.57 Å². The molecule has 0 bridgehead atoms. The van der Waals surface area contributed by atoms with E-state index in [9.17, 15) is 0 Å². The van der Waals surface area contributed by atoms with Crippen molar-refractivity contribution in [2.75, 3.05) is 0 Å². The number of aryl methyl sites for hydroxylation is 1. The molecule has 0 fully saturated rings. The molecule has 272 valence electrons. The summed E-state index contributed by atoms with van der Waals surface area (Å²) in [6, 6.07) is 60.1. The van der Waals surface area contributed by atoms with Crippen molar-refractivity contribution in [1.29, 1.82) is 0 Å². The molecule has 0 radical (unpaired) electrons. The number of fused-ring (bicyclic) bond motifs is 3. The first kappa shape index (κ1) is 34.3. The second kappa shape index (κ2) is 14.5. The summed E-state index contributed by atoms with van der Waals surface area (Å²) in [5, 5.41) is 1.30. The summed E-state index contributed by atoms with van der Waals surface area (Å²) in [7, 11) is 0. The predicted molar refractivity (Wildman–Crippen MR) is 236 cm³/mol. The highest BCUT2D eigenvalue weighted by molar-refractivity contribution is 5.93. The van der Waals surface area contributed by atoms with Crippen LogP contribution in [0.25, 0.3) is 90.2 Å². The van der Waals surface area contributed by atoms with Gasteiger partial charge in [-0.05, 0) is 95.5 Å². The van der Waals surface area contributed by atoms with Crippen molar-refractivity contribution in [3.63, 3.8) is 0 Å². The highest BCUT2D eigenvalue weighted by Crippen LogP contribution is 2.37. The van der Waals surface area contributed by atoms with Crippen LogP contribution in [-0.4, -0.2) is 19.5 Å². The van der Waals surface area contributed by atoms with E-state index in [2.05, 4.69) is 182 Å². The number of hydrogen-bond acceptors (Lipinski definition) is 3. The molecule has 0 amide bonds. The molecule has 4 heteroatoms. The van der Waals surface area contributed by atoms with Gasteiger partial charge in [-0.1, -0.05) is 158 Å². The summed E-state index contributed by atoms with van der Waals surface area (Å²) in [5.74, 6) is 1.94. The molecule has 0 aliphatic heterocycles. The smallest absolute Gasteiger partial charge is 0.164 e. The molecule has 0 spiro atoms. The van der Waals surface area contributed by atoms with Crippen molar-refractivity contribution in [2.24, 2.45) is 0 Å². The molecule has 2 aromatic heterocycles. The first-order valence-corrected chi connectivity index (χ1v) is 19.7. The minimum Gasteiger partial charge on any atom is -0.313 e. The molecule has 10 rings (SSSR count). The molecule has 9 aromatic rings. The summed E-state index contributed by atoms with van der Waals surface area (Å²) in [5.41, 5.74) is 17.4. The summed E-state index contributed by atoms with van der Waals surface area (Å²) < 4.78 is 2.45. The van der Waals surface area contributed by atoms with Crippen LogP contribution in [-0.2, 0) is 6.42 Å². The number of para-hydroxylation sites is 1. The predicted octanol–water partition coefficient (Wildman–Crippen LogP) is 13.4. The van der Waals surface area contributed by atoms with Gasteiger partial charge in [-0.25, -0.2) is 15.0 Å². The fourth-order valence-electron chi connectivity index (χ4n) is 8.42. The highest BCUT2D eigenvalue weighted by atomic mass is 15.0. The fourth-order valence-corrected chi connectivity index (χ4v) is 8.42. The third-order valence-corrected chi connectivity index (χ3v) is 11.3. The van der Waals surface area contributed by atoms with E-state index < -0.39 is 0 Å². The zero-order valence-electron chi connectivity index (χ0n) is 32.0. The van der Waals surface area contributed by atoms with Crippen LogP contribution in [0.15, 0.2) is 176 Å². The normalized spacial score (nSPS) is 12.2. The molecule has 2 heterocycles. The van der Waals surface area contributed by atoms with Crippen LogP contribution in [0.1, 0.15) is 28.8 Å². The Morgan fingerprint density at radius 2 is 1.07 bits per heavy atom. The second-order valence-corrected chi connectivity index (χ2v) is 14.8. The minimum absolute atomic E-state index is 0.641. The zero-order chi connectivity index (χ0) is 38.3. The van der Waals surface area contributed by atoms with Crippen molar-refractivity contribution >= 4 is 17.0 Å². The minimum atomic E-state index is 0.641. The molecule has 0 saturated carbocycles. The van der Waals surface area contributed by atoms with Gasteiger partial charge >= 0.3 is 0 Å².